The topological polar surface area (TPSA) is 12.0 Å². The first kappa shape index (κ1) is 10.1. The van der Waals surface area contributed by atoms with Gasteiger partial charge >= 0.3 is 0 Å². The van der Waals surface area contributed by atoms with E-state index in [4.69, 9.17) is 6.42 Å². The first-order valence-corrected chi connectivity index (χ1v) is 5.03. The zero-order valence-electron chi connectivity index (χ0n) is 7.60. The largest absolute Gasteiger partial charge is 0.374 e. The summed E-state index contributed by atoms with van der Waals surface area (Å²) >= 11 is 3.44. The van der Waals surface area contributed by atoms with Gasteiger partial charge in [-0.1, -0.05) is 28.8 Å². The molecule has 0 saturated heterocycles. The minimum atomic E-state index is 0.578. The molecule has 0 fully saturated rings. The fraction of sp³-hybridized carbons (Fsp3) is 0.273. The Kier molecular flexibility index (Phi) is 3.85. The third-order valence-corrected chi connectivity index (χ3v) is 2.32. The molecule has 0 aliphatic carbocycles. The Morgan fingerprint density at radius 3 is 2.92 bits per heavy atom. The van der Waals surface area contributed by atoms with Gasteiger partial charge in [0.05, 0.1) is 6.54 Å². The predicted molar refractivity (Wildman–Crippen MR) is 60.8 cm³/mol. The summed E-state index contributed by atoms with van der Waals surface area (Å²) in [7, 11) is 0. The van der Waals surface area contributed by atoms with Crippen LogP contribution in [0, 0.1) is 12.3 Å². The molecular formula is C11H12BrN. The molecule has 0 bridgehead atoms. The van der Waals surface area contributed by atoms with Crippen LogP contribution in [0.25, 0.3) is 0 Å². The SMILES string of the molecule is C#CCNc1ccc(Br)cc1CC. The lowest BCUT2D eigenvalue weighted by molar-refractivity contribution is 1.13. The minimum absolute atomic E-state index is 0.578. The summed E-state index contributed by atoms with van der Waals surface area (Å²) in [5.41, 5.74) is 2.41. The van der Waals surface area contributed by atoms with Crippen LogP contribution in [0.2, 0.25) is 0 Å². The van der Waals surface area contributed by atoms with Crippen molar-refractivity contribution >= 4 is 21.6 Å². The van der Waals surface area contributed by atoms with E-state index in [2.05, 4.69) is 40.2 Å². The molecule has 0 aromatic heterocycles. The summed E-state index contributed by atoms with van der Waals surface area (Å²) in [4.78, 5) is 0. The fourth-order valence-corrected chi connectivity index (χ4v) is 1.58. The molecule has 0 heterocycles. The molecule has 0 atom stereocenters. The normalized spacial score (nSPS) is 9.31. The molecule has 0 unspecified atom stereocenters. The van der Waals surface area contributed by atoms with Gasteiger partial charge in [0.1, 0.15) is 0 Å². The standard InChI is InChI=1S/C11H12BrN/c1-3-7-13-11-6-5-10(12)8-9(11)4-2/h1,5-6,8,13H,4,7H2,2H3. The van der Waals surface area contributed by atoms with Gasteiger partial charge in [-0.25, -0.2) is 0 Å². The van der Waals surface area contributed by atoms with Crippen molar-refractivity contribution in [1.29, 1.82) is 0 Å². The Labute approximate surface area is 87.7 Å². The number of anilines is 1. The minimum Gasteiger partial charge on any atom is -0.374 e. The highest BCUT2D eigenvalue weighted by molar-refractivity contribution is 9.10. The van der Waals surface area contributed by atoms with Gasteiger partial charge in [-0.2, -0.15) is 0 Å². The fourth-order valence-electron chi connectivity index (χ4n) is 1.17. The highest BCUT2D eigenvalue weighted by Crippen LogP contribution is 2.21. The molecule has 1 rings (SSSR count). The summed E-state index contributed by atoms with van der Waals surface area (Å²) in [6.07, 6.45) is 6.18. The van der Waals surface area contributed by atoms with Crippen molar-refractivity contribution in [2.75, 3.05) is 11.9 Å². The van der Waals surface area contributed by atoms with Gasteiger partial charge in [-0.3, -0.25) is 0 Å². The van der Waals surface area contributed by atoms with Crippen LogP contribution in [-0.2, 0) is 6.42 Å². The number of aryl methyl sites for hydroxylation is 1. The van der Waals surface area contributed by atoms with Crippen molar-refractivity contribution in [3.8, 4) is 12.3 Å². The van der Waals surface area contributed by atoms with Gasteiger partial charge in [-0.05, 0) is 30.2 Å². The Hall–Kier alpha value is -0.940. The number of nitrogens with one attached hydrogen (secondary N) is 1. The average molecular weight is 238 g/mol. The molecule has 1 aromatic carbocycles. The molecule has 0 amide bonds. The van der Waals surface area contributed by atoms with Gasteiger partial charge in [0, 0.05) is 10.2 Å². The van der Waals surface area contributed by atoms with Crippen molar-refractivity contribution in [2.24, 2.45) is 0 Å². The summed E-state index contributed by atoms with van der Waals surface area (Å²) < 4.78 is 1.11. The van der Waals surface area contributed by atoms with E-state index in [9.17, 15) is 0 Å². The van der Waals surface area contributed by atoms with Gasteiger partial charge in [0.25, 0.3) is 0 Å². The van der Waals surface area contributed by atoms with Gasteiger partial charge < -0.3 is 5.32 Å². The van der Waals surface area contributed by atoms with Crippen LogP contribution in [0.4, 0.5) is 5.69 Å². The molecule has 13 heavy (non-hydrogen) atoms. The molecule has 0 spiro atoms. The van der Waals surface area contributed by atoms with E-state index < -0.39 is 0 Å². The maximum atomic E-state index is 5.18. The number of halogens is 1. The van der Waals surface area contributed by atoms with E-state index in [1.165, 1.54) is 5.56 Å². The van der Waals surface area contributed by atoms with E-state index >= 15 is 0 Å². The van der Waals surface area contributed by atoms with Crippen LogP contribution in [0.15, 0.2) is 22.7 Å². The highest BCUT2D eigenvalue weighted by Gasteiger charge is 1.99. The highest BCUT2D eigenvalue weighted by atomic mass is 79.9. The number of benzene rings is 1. The molecule has 0 radical (unpaired) electrons. The van der Waals surface area contributed by atoms with E-state index in [1.807, 2.05) is 12.1 Å². The van der Waals surface area contributed by atoms with Crippen molar-refractivity contribution in [2.45, 2.75) is 13.3 Å². The molecule has 2 heteroatoms. The Bertz CT molecular complexity index is 325. The van der Waals surface area contributed by atoms with E-state index in [-0.39, 0.29) is 0 Å². The number of hydrogen-bond acceptors (Lipinski definition) is 1. The molecule has 0 saturated carbocycles. The van der Waals surface area contributed by atoms with E-state index in [0.29, 0.717) is 6.54 Å². The molecule has 0 aliphatic rings. The second-order valence-electron chi connectivity index (χ2n) is 2.71. The van der Waals surface area contributed by atoms with Crippen molar-refractivity contribution < 1.29 is 0 Å². The zero-order valence-corrected chi connectivity index (χ0v) is 9.19. The van der Waals surface area contributed by atoms with Crippen LogP contribution in [0.3, 0.4) is 0 Å². The summed E-state index contributed by atoms with van der Waals surface area (Å²) in [5, 5.41) is 3.18. The molecule has 1 N–H and O–H groups in total. The summed E-state index contributed by atoms with van der Waals surface area (Å²) in [6.45, 7) is 2.71. The third-order valence-electron chi connectivity index (χ3n) is 1.83. The van der Waals surface area contributed by atoms with Crippen molar-refractivity contribution in [3.63, 3.8) is 0 Å². The Morgan fingerprint density at radius 2 is 2.31 bits per heavy atom. The van der Waals surface area contributed by atoms with E-state index in [1.54, 1.807) is 0 Å². The van der Waals surface area contributed by atoms with Gasteiger partial charge in [0.15, 0.2) is 0 Å². The van der Waals surface area contributed by atoms with Gasteiger partial charge in [0.2, 0.25) is 0 Å². The van der Waals surface area contributed by atoms with Crippen LogP contribution in [0.5, 0.6) is 0 Å². The lowest BCUT2D eigenvalue weighted by Crippen LogP contribution is -2.01. The van der Waals surface area contributed by atoms with Crippen LogP contribution in [0.1, 0.15) is 12.5 Å². The Balaban J connectivity index is 2.87. The molecule has 68 valence electrons. The smallest absolute Gasteiger partial charge is 0.0763 e. The molecule has 0 aliphatic heterocycles. The number of terminal acetylenes is 1. The molecule has 1 nitrogen and oxygen atoms in total. The van der Waals surface area contributed by atoms with Gasteiger partial charge in [-0.15, -0.1) is 6.42 Å². The maximum absolute atomic E-state index is 5.18. The number of hydrogen-bond donors (Lipinski definition) is 1. The zero-order chi connectivity index (χ0) is 9.68. The first-order chi connectivity index (χ1) is 6.27. The lowest BCUT2D eigenvalue weighted by Gasteiger charge is -2.08. The first-order valence-electron chi connectivity index (χ1n) is 4.23. The Morgan fingerprint density at radius 1 is 1.54 bits per heavy atom. The van der Waals surface area contributed by atoms with Crippen LogP contribution >= 0.6 is 15.9 Å². The number of rotatable bonds is 3. The van der Waals surface area contributed by atoms with Crippen molar-refractivity contribution in [1.82, 2.24) is 0 Å². The average Bonchev–Trinajstić information content (AvgIpc) is 2.16. The monoisotopic (exact) mass is 237 g/mol. The summed E-state index contributed by atoms with van der Waals surface area (Å²) in [6, 6.07) is 6.16. The second-order valence-corrected chi connectivity index (χ2v) is 3.63. The van der Waals surface area contributed by atoms with E-state index in [0.717, 1.165) is 16.6 Å². The van der Waals surface area contributed by atoms with Crippen LogP contribution < -0.4 is 5.32 Å². The van der Waals surface area contributed by atoms with Crippen LogP contribution in [-0.4, -0.2) is 6.54 Å². The summed E-state index contributed by atoms with van der Waals surface area (Å²) in [5.74, 6) is 2.56. The predicted octanol–water partition coefficient (Wildman–Crippen LogP) is 3.06. The van der Waals surface area contributed by atoms with Crippen molar-refractivity contribution in [3.05, 3.63) is 28.2 Å². The third kappa shape index (κ3) is 2.78. The lowest BCUT2D eigenvalue weighted by atomic mass is 10.1. The second kappa shape index (κ2) is 4.94. The maximum Gasteiger partial charge on any atom is 0.0763 e. The molecular weight excluding hydrogens is 226 g/mol. The molecule has 1 aromatic rings. The quantitative estimate of drug-likeness (QED) is 0.798.